The van der Waals surface area contributed by atoms with Gasteiger partial charge in [0.05, 0.1) is 11.1 Å². The van der Waals surface area contributed by atoms with Crippen LogP contribution in [0.1, 0.15) is 15.9 Å². The number of anilines is 2. The Hall–Kier alpha value is -2.02. The number of nitrogen functional groups attached to an aromatic ring is 1. The highest BCUT2D eigenvalue weighted by molar-refractivity contribution is 9.10. The molecule has 21 heavy (non-hydrogen) atoms. The van der Waals surface area contributed by atoms with Crippen LogP contribution in [0.15, 0.2) is 46.9 Å². The van der Waals surface area contributed by atoms with E-state index in [1.807, 2.05) is 0 Å². The monoisotopic (exact) mass is 358 g/mol. The Labute approximate surface area is 127 Å². The van der Waals surface area contributed by atoms with Gasteiger partial charge in [-0.15, -0.1) is 0 Å². The van der Waals surface area contributed by atoms with Gasteiger partial charge < -0.3 is 11.1 Å². The molecule has 3 nitrogen and oxygen atoms in total. The maximum absolute atomic E-state index is 12.9. The Morgan fingerprint density at radius 1 is 1.14 bits per heavy atom. The van der Waals surface area contributed by atoms with Crippen molar-refractivity contribution in [2.24, 2.45) is 0 Å². The minimum absolute atomic E-state index is 0.345. The smallest absolute Gasteiger partial charge is 0.398 e. The molecule has 2 rings (SSSR count). The summed E-state index contributed by atoms with van der Waals surface area (Å²) in [6.07, 6.45) is -4.59. The minimum Gasteiger partial charge on any atom is -0.398 e. The molecular formula is C14H10BrF3N2O. The van der Waals surface area contributed by atoms with Gasteiger partial charge in [-0.2, -0.15) is 13.2 Å². The molecule has 7 heteroatoms. The molecule has 0 aromatic heterocycles. The molecule has 0 fully saturated rings. The van der Waals surface area contributed by atoms with Gasteiger partial charge in [0.2, 0.25) is 0 Å². The molecule has 0 saturated heterocycles. The second-order valence-electron chi connectivity index (χ2n) is 4.23. The molecule has 2 aromatic carbocycles. The van der Waals surface area contributed by atoms with E-state index in [0.29, 0.717) is 15.8 Å². The molecule has 0 radical (unpaired) electrons. The molecule has 0 aliphatic carbocycles. The summed E-state index contributed by atoms with van der Waals surface area (Å²) in [6, 6.07) is 9.17. The first-order chi connectivity index (χ1) is 9.79. The van der Waals surface area contributed by atoms with E-state index in [2.05, 4.69) is 21.2 Å². The van der Waals surface area contributed by atoms with E-state index in [1.54, 1.807) is 0 Å². The lowest BCUT2D eigenvalue weighted by Crippen LogP contribution is -2.18. The molecule has 0 saturated carbocycles. The van der Waals surface area contributed by atoms with Crippen LogP contribution in [0, 0.1) is 0 Å². The van der Waals surface area contributed by atoms with Crippen LogP contribution >= 0.6 is 15.9 Å². The van der Waals surface area contributed by atoms with E-state index < -0.39 is 23.2 Å². The van der Waals surface area contributed by atoms with Crippen molar-refractivity contribution in [3.05, 3.63) is 58.1 Å². The van der Waals surface area contributed by atoms with Crippen LogP contribution in [0.4, 0.5) is 24.5 Å². The SMILES string of the molecule is Nc1ccc(NC(=O)c2ccccc2C(F)(F)F)cc1Br. The maximum atomic E-state index is 12.9. The highest BCUT2D eigenvalue weighted by atomic mass is 79.9. The van der Waals surface area contributed by atoms with Gasteiger partial charge in [0.25, 0.3) is 5.91 Å². The fourth-order valence-electron chi connectivity index (χ4n) is 1.73. The van der Waals surface area contributed by atoms with Crippen molar-refractivity contribution < 1.29 is 18.0 Å². The van der Waals surface area contributed by atoms with Crippen LogP contribution in [-0.4, -0.2) is 5.91 Å². The van der Waals surface area contributed by atoms with Crippen LogP contribution in [0.5, 0.6) is 0 Å². The zero-order chi connectivity index (χ0) is 15.6. The van der Waals surface area contributed by atoms with Gasteiger partial charge >= 0.3 is 6.18 Å². The zero-order valence-electron chi connectivity index (χ0n) is 10.5. The largest absolute Gasteiger partial charge is 0.417 e. The summed E-state index contributed by atoms with van der Waals surface area (Å²) in [7, 11) is 0. The summed E-state index contributed by atoms with van der Waals surface area (Å²) in [6.45, 7) is 0. The topological polar surface area (TPSA) is 55.1 Å². The van der Waals surface area contributed by atoms with Crippen LogP contribution in [0.3, 0.4) is 0 Å². The van der Waals surface area contributed by atoms with Crippen LogP contribution in [0.25, 0.3) is 0 Å². The number of rotatable bonds is 2. The number of amides is 1. The highest BCUT2D eigenvalue weighted by Crippen LogP contribution is 2.32. The quantitative estimate of drug-likeness (QED) is 0.786. The molecule has 0 bridgehead atoms. The first-order valence-electron chi connectivity index (χ1n) is 5.81. The lowest BCUT2D eigenvalue weighted by atomic mass is 10.1. The average molecular weight is 359 g/mol. The Bertz CT molecular complexity index is 686. The Morgan fingerprint density at radius 3 is 2.43 bits per heavy atom. The van der Waals surface area contributed by atoms with Gasteiger partial charge in [0, 0.05) is 15.8 Å². The van der Waals surface area contributed by atoms with Gasteiger partial charge in [0.1, 0.15) is 0 Å². The van der Waals surface area contributed by atoms with E-state index >= 15 is 0 Å². The summed E-state index contributed by atoms with van der Waals surface area (Å²) in [5, 5.41) is 2.41. The third kappa shape index (κ3) is 3.55. The number of carbonyl (C=O) groups is 1. The van der Waals surface area contributed by atoms with Crippen molar-refractivity contribution in [2.75, 3.05) is 11.1 Å². The number of halogens is 4. The van der Waals surface area contributed by atoms with E-state index in [4.69, 9.17) is 5.73 Å². The van der Waals surface area contributed by atoms with E-state index in [1.165, 1.54) is 30.3 Å². The molecule has 0 aliphatic heterocycles. The van der Waals surface area contributed by atoms with Gasteiger partial charge in [-0.3, -0.25) is 4.79 Å². The van der Waals surface area contributed by atoms with Crippen molar-refractivity contribution in [1.29, 1.82) is 0 Å². The summed E-state index contributed by atoms with van der Waals surface area (Å²) in [4.78, 5) is 12.0. The standard InChI is InChI=1S/C14H10BrF3N2O/c15-11-7-8(5-6-12(11)19)20-13(21)9-3-1-2-4-10(9)14(16,17)18/h1-7H,19H2,(H,20,21). The molecule has 0 aliphatic rings. The summed E-state index contributed by atoms with van der Waals surface area (Å²) in [5.41, 5.74) is 5.00. The second-order valence-corrected chi connectivity index (χ2v) is 5.09. The first-order valence-corrected chi connectivity index (χ1v) is 6.61. The third-order valence-corrected chi connectivity index (χ3v) is 3.42. The van der Waals surface area contributed by atoms with Crippen LogP contribution in [-0.2, 0) is 6.18 Å². The summed E-state index contributed by atoms with van der Waals surface area (Å²) >= 11 is 3.18. The second kappa shape index (κ2) is 5.77. The maximum Gasteiger partial charge on any atom is 0.417 e. The lowest BCUT2D eigenvalue weighted by Gasteiger charge is -2.13. The number of alkyl halides is 3. The molecule has 0 heterocycles. The van der Waals surface area contributed by atoms with E-state index in [9.17, 15) is 18.0 Å². The molecule has 3 N–H and O–H groups in total. The molecule has 0 unspecified atom stereocenters. The van der Waals surface area contributed by atoms with Crippen molar-refractivity contribution in [3.63, 3.8) is 0 Å². The number of nitrogens with two attached hydrogens (primary N) is 1. The minimum atomic E-state index is -4.59. The lowest BCUT2D eigenvalue weighted by molar-refractivity contribution is -0.137. The summed E-state index contributed by atoms with van der Waals surface area (Å²) < 4.78 is 39.1. The summed E-state index contributed by atoms with van der Waals surface area (Å²) in [5.74, 6) is -0.834. The number of carbonyl (C=O) groups excluding carboxylic acids is 1. The number of hydrogen-bond acceptors (Lipinski definition) is 2. The average Bonchev–Trinajstić information content (AvgIpc) is 2.42. The Balaban J connectivity index is 2.31. The van der Waals surface area contributed by atoms with Crippen LogP contribution < -0.4 is 11.1 Å². The predicted octanol–water partition coefficient (Wildman–Crippen LogP) is 4.30. The zero-order valence-corrected chi connectivity index (χ0v) is 12.1. The third-order valence-electron chi connectivity index (χ3n) is 2.74. The molecule has 0 spiro atoms. The fourth-order valence-corrected chi connectivity index (χ4v) is 2.11. The van der Waals surface area contributed by atoms with Gasteiger partial charge in [0.15, 0.2) is 0 Å². The number of nitrogens with one attached hydrogen (secondary N) is 1. The van der Waals surface area contributed by atoms with Gasteiger partial charge in [-0.05, 0) is 46.3 Å². The van der Waals surface area contributed by atoms with Gasteiger partial charge in [-0.25, -0.2) is 0 Å². The van der Waals surface area contributed by atoms with Crippen molar-refractivity contribution >= 4 is 33.2 Å². The fraction of sp³-hybridized carbons (Fsp3) is 0.0714. The van der Waals surface area contributed by atoms with E-state index in [-0.39, 0.29) is 0 Å². The van der Waals surface area contributed by atoms with Gasteiger partial charge in [-0.1, -0.05) is 12.1 Å². The highest BCUT2D eigenvalue weighted by Gasteiger charge is 2.34. The molecule has 110 valence electrons. The van der Waals surface area contributed by atoms with E-state index in [0.717, 1.165) is 12.1 Å². The molecular weight excluding hydrogens is 349 g/mol. The van der Waals surface area contributed by atoms with Crippen molar-refractivity contribution in [1.82, 2.24) is 0 Å². The Kier molecular flexibility index (Phi) is 4.22. The first kappa shape index (κ1) is 15.4. The Morgan fingerprint density at radius 2 is 1.81 bits per heavy atom. The molecule has 2 aromatic rings. The van der Waals surface area contributed by atoms with Crippen LogP contribution in [0.2, 0.25) is 0 Å². The number of hydrogen-bond donors (Lipinski definition) is 2. The molecule has 0 atom stereocenters. The normalized spacial score (nSPS) is 11.2. The van der Waals surface area contributed by atoms with Crippen molar-refractivity contribution in [3.8, 4) is 0 Å². The predicted molar refractivity (Wildman–Crippen MR) is 78.0 cm³/mol. The van der Waals surface area contributed by atoms with Crippen molar-refractivity contribution in [2.45, 2.75) is 6.18 Å². The molecule has 1 amide bonds. The number of benzene rings is 2.